The van der Waals surface area contributed by atoms with Gasteiger partial charge in [-0.25, -0.2) is 0 Å². The second-order valence-electron chi connectivity index (χ2n) is 5.76. The Kier molecular flexibility index (Phi) is 4.46. The van der Waals surface area contributed by atoms with Gasteiger partial charge in [0.1, 0.15) is 0 Å². The number of carbonyl (C=O) groups excluding carboxylic acids is 1. The van der Waals surface area contributed by atoms with Crippen LogP contribution in [0.5, 0.6) is 0 Å². The van der Waals surface area contributed by atoms with E-state index in [2.05, 4.69) is 5.32 Å². The Hall–Kier alpha value is -1.51. The quantitative estimate of drug-likeness (QED) is 0.809. The zero-order valence-electron chi connectivity index (χ0n) is 12.0. The maximum Gasteiger partial charge on any atom is 0.224 e. The predicted molar refractivity (Wildman–Crippen MR) is 80.2 cm³/mol. The van der Waals surface area contributed by atoms with Gasteiger partial charge in [-0.05, 0) is 49.4 Å². The summed E-state index contributed by atoms with van der Waals surface area (Å²) in [6, 6.07) is 3.88. The molecule has 0 spiro atoms. The van der Waals surface area contributed by atoms with Gasteiger partial charge < -0.3 is 11.1 Å². The molecular formula is C16H24N2O. The van der Waals surface area contributed by atoms with E-state index < -0.39 is 0 Å². The van der Waals surface area contributed by atoms with Gasteiger partial charge in [-0.3, -0.25) is 4.79 Å². The van der Waals surface area contributed by atoms with Crippen molar-refractivity contribution in [1.82, 2.24) is 0 Å². The van der Waals surface area contributed by atoms with Gasteiger partial charge in [0.05, 0.1) is 0 Å². The molecule has 0 saturated heterocycles. The molecule has 2 rings (SSSR count). The molecule has 1 aliphatic carbocycles. The molecule has 3 N–H and O–H groups in total. The Morgan fingerprint density at radius 2 is 1.95 bits per heavy atom. The molecule has 0 unspecified atom stereocenters. The average molecular weight is 260 g/mol. The van der Waals surface area contributed by atoms with Gasteiger partial charge in [0, 0.05) is 17.8 Å². The monoisotopic (exact) mass is 260 g/mol. The lowest BCUT2D eigenvalue weighted by molar-refractivity contribution is -0.116. The maximum absolute atomic E-state index is 12.0. The summed E-state index contributed by atoms with van der Waals surface area (Å²) in [4.78, 5) is 12.0. The zero-order valence-corrected chi connectivity index (χ0v) is 12.0. The van der Waals surface area contributed by atoms with E-state index >= 15 is 0 Å². The maximum atomic E-state index is 12.0. The second kappa shape index (κ2) is 6.09. The van der Waals surface area contributed by atoms with Crippen molar-refractivity contribution in [2.24, 2.45) is 5.92 Å². The number of benzene rings is 1. The summed E-state index contributed by atoms with van der Waals surface area (Å²) in [6.45, 7) is 3.94. The van der Waals surface area contributed by atoms with Crippen molar-refractivity contribution in [2.75, 3.05) is 11.1 Å². The third kappa shape index (κ3) is 3.72. The number of hydrogen-bond acceptors (Lipinski definition) is 2. The van der Waals surface area contributed by atoms with Crippen molar-refractivity contribution in [3.8, 4) is 0 Å². The number of nitrogens with two attached hydrogens (primary N) is 1. The number of rotatable bonds is 4. The third-order valence-corrected chi connectivity index (χ3v) is 4.14. The lowest BCUT2D eigenvalue weighted by atomic mass is 10.0. The number of carbonyl (C=O) groups is 1. The summed E-state index contributed by atoms with van der Waals surface area (Å²) >= 11 is 0. The fourth-order valence-corrected chi connectivity index (χ4v) is 2.82. The molecular weight excluding hydrogens is 236 g/mol. The first-order valence-electron chi connectivity index (χ1n) is 7.23. The molecule has 3 nitrogen and oxygen atoms in total. The first-order chi connectivity index (χ1) is 9.06. The summed E-state index contributed by atoms with van der Waals surface area (Å²) in [5.41, 5.74) is 9.56. The first kappa shape index (κ1) is 13.9. The van der Waals surface area contributed by atoms with Gasteiger partial charge in [-0.2, -0.15) is 0 Å². The van der Waals surface area contributed by atoms with Crippen LogP contribution < -0.4 is 11.1 Å². The van der Waals surface area contributed by atoms with Crippen molar-refractivity contribution in [1.29, 1.82) is 0 Å². The van der Waals surface area contributed by atoms with E-state index in [4.69, 9.17) is 5.73 Å². The molecule has 0 atom stereocenters. The van der Waals surface area contributed by atoms with E-state index in [0.29, 0.717) is 6.42 Å². The van der Waals surface area contributed by atoms with Gasteiger partial charge in [0.25, 0.3) is 0 Å². The predicted octanol–water partition coefficient (Wildman–Crippen LogP) is 3.79. The van der Waals surface area contributed by atoms with Crippen molar-refractivity contribution in [2.45, 2.75) is 52.4 Å². The number of anilines is 2. The highest BCUT2D eigenvalue weighted by molar-refractivity contribution is 5.92. The molecule has 1 saturated carbocycles. The Morgan fingerprint density at radius 3 is 2.63 bits per heavy atom. The van der Waals surface area contributed by atoms with Gasteiger partial charge in [0.15, 0.2) is 0 Å². The fourth-order valence-electron chi connectivity index (χ4n) is 2.82. The Balaban J connectivity index is 1.89. The van der Waals surface area contributed by atoms with Crippen LogP contribution in [-0.2, 0) is 4.79 Å². The summed E-state index contributed by atoms with van der Waals surface area (Å²) in [6.07, 6.45) is 6.93. The van der Waals surface area contributed by atoms with Crippen LogP contribution >= 0.6 is 0 Å². The number of amides is 1. The molecule has 0 heterocycles. The highest BCUT2D eigenvalue weighted by Crippen LogP contribution is 2.29. The van der Waals surface area contributed by atoms with E-state index in [1.165, 1.54) is 25.7 Å². The SMILES string of the molecule is Cc1cc(NC(=O)CCC2CCCC2)c(C)cc1N. The summed E-state index contributed by atoms with van der Waals surface area (Å²) in [5, 5.41) is 3.01. The normalized spacial score (nSPS) is 15.7. The molecule has 1 amide bonds. The summed E-state index contributed by atoms with van der Waals surface area (Å²) < 4.78 is 0. The standard InChI is InChI=1S/C16H24N2O/c1-11-10-15(12(2)9-14(11)17)18-16(19)8-7-13-5-3-4-6-13/h9-10,13H,3-8,17H2,1-2H3,(H,18,19). The number of nitrogen functional groups attached to an aromatic ring is 1. The minimum absolute atomic E-state index is 0.124. The minimum Gasteiger partial charge on any atom is -0.399 e. The molecule has 1 aromatic carbocycles. The van der Waals surface area contributed by atoms with Crippen LogP contribution in [0.3, 0.4) is 0 Å². The lowest BCUT2D eigenvalue weighted by Crippen LogP contribution is -2.14. The highest BCUT2D eigenvalue weighted by atomic mass is 16.1. The summed E-state index contributed by atoms with van der Waals surface area (Å²) in [5.74, 6) is 0.888. The molecule has 19 heavy (non-hydrogen) atoms. The fraction of sp³-hybridized carbons (Fsp3) is 0.562. The van der Waals surface area contributed by atoms with Crippen molar-refractivity contribution >= 4 is 17.3 Å². The van der Waals surface area contributed by atoms with Gasteiger partial charge in [-0.15, -0.1) is 0 Å². The Bertz CT molecular complexity index is 462. The van der Waals surface area contributed by atoms with Crippen molar-refractivity contribution in [3.63, 3.8) is 0 Å². The number of hydrogen-bond donors (Lipinski definition) is 2. The van der Waals surface area contributed by atoms with Gasteiger partial charge >= 0.3 is 0 Å². The molecule has 0 bridgehead atoms. The molecule has 0 aromatic heterocycles. The van der Waals surface area contributed by atoms with Crippen LogP contribution in [0.4, 0.5) is 11.4 Å². The molecule has 104 valence electrons. The second-order valence-corrected chi connectivity index (χ2v) is 5.76. The van der Waals surface area contributed by atoms with E-state index in [-0.39, 0.29) is 5.91 Å². The smallest absolute Gasteiger partial charge is 0.224 e. The van der Waals surface area contributed by atoms with Crippen LogP contribution in [0, 0.1) is 19.8 Å². The van der Waals surface area contributed by atoms with E-state index in [1.807, 2.05) is 26.0 Å². The van der Waals surface area contributed by atoms with Gasteiger partial charge in [0.2, 0.25) is 5.91 Å². The minimum atomic E-state index is 0.124. The topological polar surface area (TPSA) is 55.1 Å². The van der Waals surface area contributed by atoms with E-state index in [9.17, 15) is 4.79 Å². The molecule has 0 radical (unpaired) electrons. The average Bonchev–Trinajstić information content (AvgIpc) is 2.86. The van der Waals surface area contributed by atoms with Gasteiger partial charge in [-0.1, -0.05) is 25.7 Å². The van der Waals surface area contributed by atoms with Crippen LogP contribution in [-0.4, -0.2) is 5.91 Å². The van der Waals surface area contributed by atoms with Crippen molar-refractivity contribution in [3.05, 3.63) is 23.3 Å². The van der Waals surface area contributed by atoms with Crippen LogP contribution in [0.2, 0.25) is 0 Å². The van der Waals surface area contributed by atoms with E-state index in [0.717, 1.165) is 34.8 Å². The highest BCUT2D eigenvalue weighted by Gasteiger charge is 2.16. The lowest BCUT2D eigenvalue weighted by Gasteiger charge is -2.12. The molecule has 0 aliphatic heterocycles. The van der Waals surface area contributed by atoms with E-state index in [1.54, 1.807) is 0 Å². The van der Waals surface area contributed by atoms with Crippen LogP contribution in [0.15, 0.2) is 12.1 Å². The Morgan fingerprint density at radius 1 is 1.26 bits per heavy atom. The first-order valence-corrected chi connectivity index (χ1v) is 7.23. The zero-order chi connectivity index (χ0) is 13.8. The Labute approximate surface area is 115 Å². The molecule has 1 fully saturated rings. The van der Waals surface area contributed by atoms with Crippen molar-refractivity contribution < 1.29 is 4.79 Å². The third-order valence-electron chi connectivity index (χ3n) is 4.14. The van der Waals surface area contributed by atoms with Crippen LogP contribution in [0.1, 0.15) is 49.7 Å². The number of nitrogens with one attached hydrogen (secondary N) is 1. The molecule has 1 aliphatic rings. The summed E-state index contributed by atoms with van der Waals surface area (Å²) in [7, 11) is 0. The molecule has 3 heteroatoms. The van der Waals surface area contributed by atoms with Crippen LogP contribution in [0.25, 0.3) is 0 Å². The largest absolute Gasteiger partial charge is 0.399 e. The number of aryl methyl sites for hydroxylation is 2. The molecule has 1 aromatic rings.